The molecule has 0 radical (unpaired) electrons. The minimum Gasteiger partial charge on any atom is -0.353 e. The number of anilines is 2. The first-order valence-corrected chi connectivity index (χ1v) is 8.56. The Bertz CT molecular complexity index is 720. The molecule has 0 spiro atoms. The summed E-state index contributed by atoms with van der Waals surface area (Å²) >= 11 is 1.23. The SMILES string of the molecule is CC(=O)Nc1nc(C(=O)NC2CCCN(c3cccnn3)C2)cs1. The summed E-state index contributed by atoms with van der Waals surface area (Å²) in [5, 5.41) is 15.7. The van der Waals surface area contributed by atoms with E-state index in [2.05, 4.69) is 30.7 Å². The predicted octanol–water partition coefficient (Wildman–Crippen LogP) is 1.29. The highest BCUT2D eigenvalue weighted by Crippen LogP contribution is 2.18. The maximum Gasteiger partial charge on any atom is 0.271 e. The van der Waals surface area contributed by atoms with Crippen LogP contribution in [0, 0.1) is 0 Å². The van der Waals surface area contributed by atoms with Gasteiger partial charge < -0.3 is 15.5 Å². The van der Waals surface area contributed by atoms with Crippen LogP contribution in [-0.4, -0.2) is 46.1 Å². The molecular formula is C15H18N6O2S. The lowest BCUT2D eigenvalue weighted by Gasteiger charge is -2.33. The van der Waals surface area contributed by atoms with Crippen LogP contribution in [0.25, 0.3) is 0 Å². The summed E-state index contributed by atoms with van der Waals surface area (Å²) in [6.45, 7) is 2.99. The number of carbonyl (C=O) groups is 2. The Morgan fingerprint density at radius 3 is 3.04 bits per heavy atom. The zero-order valence-corrected chi connectivity index (χ0v) is 14.0. The molecule has 0 aliphatic carbocycles. The Labute approximate surface area is 143 Å². The second-order valence-corrected chi connectivity index (χ2v) is 6.42. The van der Waals surface area contributed by atoms with Gasteiger partial charge in [0.2, 0.25) is 5.91 Å². The molecule has 24 heavy (non-hydrogen) atoms. The molecule has 1 aliphatic heterocycles. The summed E-state index contributed by atoms with van der Waals surface area (Å²) in [7, 11) is 0. The predicted molar refractivity (Wildman–Crippen MR) is 91.2 cm³/mol. The topological polar surface area (TPSA) is 100 Å². The van der Waals surface area contributed by atoms with Crippen LogP contribution in [0.2, 0.25) is 0 Å². The first kappa shape index (κ1) is 16.3. The maximum absolute atomic E-state index is 12.3. The van der Waals surface area contributed by atoms with Gasteiger partial charge in [0.1, 0.15) is 5.69 Å². The minimum absolute atomic E-state index is 0.0270. The molecule has 1 unspecified atom stereocenters. The highest BCUT2D eigenvalue weighted by molar-refractivity contribution is 7.14. The van der Waals surface area contributed by atoms with Crippen LogP contribution in [0.15, 0.2) is 23.7 Å². The first-order valence-electron chi connectivity index (χ1n) is 7.68. The van der Waals surface area contributed by atoms with Crippen molar-refractivity contribution in [1.29, 1.82) is 0 Å². The fourth-order valence-corrected chi connectivity index (χ4v) is 3.35. The lowest BCUT2D eigenvalue weighted by atomic mass is 10.1. The molecule has 3 rings (SSSR count). The van der Waals surface area contributed by atoms with Gasteiger partial charge in [-0.2, -0.15) is 5.10 Å². The number of thiazole rings is 1. The van der Waals surface area contributed by atoms with Crippen molar-refractivity contribution in [2.75, 3.05) is 23.3 Å². The monoisotopic (exact) mass is 346 g/mol. The number of nitrogens with zero attached hydrogens (tertiary/aromatic N) is 4. The van der Waals surface area contributed by atoms with E-state index in [9.17, 15) is 9.59 Å². The van der Waals surface area contributed by atoms with E-state index in [-0.39, 0.29) is 17.9 Å². The largest absolute Gasteiger partial charge is 0.353 e. The van der Waals surface area contributed by atoms with Crippen molar-refractivity contribution in [3.8, 4) is 0 Å². The van der Waals surface area contributed by atoms with Crippen LogP contribution in [0.5, 0.6) is 0 Å². The second kappa shape index (κ2) is 7.35. The number of amides is 2. The third kappa shape index (κ3) is 4.05. The van der Waals surface area contributed by atoms with Gasteiger partial charge in [-0.15, -0.1) is 16.4 Å². The van der Waals surface area contributed by atoms with E-state index in [1.807, 2.05) is 12.1 Å². The normalized spacial score (nSPS) is 17.4. The van der Waals surface area contributed by atoms with Gasteiger partial charge in [-0.3, -0.25) is 9.59 Å². The van der Waals surface area contributed by atoms with Gasteiger partial charge in [0.05, 0.1) is 0 Å². The molecule has 1 aliphatic rings. The molecule has 1 atom stereocenters. The summed E-state index contributed by atoms with van der Waals surface area (Å²) in [5.41, 5.74) is 0.320. The van der Waals surface area contributed by atoms with Crippen molar-refractivity contribution in [2.24, 2.45) is 0 Å². The molecular weight excluding hydrogens is 328 g/mol. The second-order valence-electron chi connectivity index (χ2n) is 5.56. The molecule has 0 aromatic carbocycles. The number of hydrogen-bond acceptors (Lipinski definition) is 7. The molecule has 1 saturated heterocycles. The Morgan fingerprint density at radius 2 is 2.29 bits per heavy atom. The molecule has 9 heteroatoms. The smallest absolute Gasteiger partial charge is 0.271 e. The van der Waals surface area contributed by atoms with Crippen molar-refractivity contribution in [3.05, 3.63) is 29.4 Å². The molecule has 0 saturated carbocycles. The third-order valence-electron chi connectivity index (χ3n) is 3.66. The fraction of sp³-hybridized carbons (Fsp3) is 0.400. The average molecular weight is 346 g/mol. The molecule has 2 aromatic heterocycles. The Morgan fingerprint density at radius 1 is 1.42 bits per heavy atom. The highest BCUT2D eigenvalue weighted by atomic mass is 32.1. The number of aromatic nitrogens is 3. The zero-order chi connectivity index (χ0) is 16.9. The van der Waals surface area contributed by atoms with Crippen LogP contribution in [0.3, 0.4) is 0 Å². The van der Waals surface area contributed by atoms with Crippen molar-refractivity contribution >= 4 is 34.1 Å². The molecule has 8 nitrogen and oxygen atoms in total. The quantitative estimate of drug-likeness (QED) is 0.865. The summed E-state index contributed by atoms with van der Waals surface area (Å²) in [6, 6.07) is 3.79. The highest BCUT2D eigenvalue weighted by Gasteiger charge is 2.23. The minimum atomic E-state index is -0.228. The van der Waals surface area contributed by atoms with Gasteiger partial charge >= 0.3 is 0 Å². The lowest BCUT2D eigenvalue weighted by Crippen LogP contribution is -2.48. The standard InChI is InChI=1S/C15H18N6O2S/c1-10(22)17-15-19-12(9-24-15)14(23)18-11-4-3-7-21(8-11)13-5-2-6-16-20-13/h2,5-6,9,11H,3-4,7-8H2,1H3,(H,18,23)(H,17,19,22). The molecule has 1 fully saturated rings. The fourth-order valence-electron chi connectivity index (χ4n) is 2.61. The summed E-state index contributed by atoms with van der Waals surface area (Å²) in [5.74, 6) is 0.384. The van der Waals surface area contributed by atoms with Crippen LogP contribution in [0.4, 0.5) is 10.9 Å². The van der Waals surface area contributed by atoms with Gasteiger partial charge in [-0.1, -0.05) is 0 Å². The first-order chi connectivity index (χ1) is 11.6. The van der Waals surface area contributed by atoms with Crippen molar-refractivity contribution in [1.82, 2.24) is 20.5 Å². The van der Waals surface area contributed by atoms with E-state index < -0.39 is 0 Å². The van der Waals surface area contributed by atoms with Gasteiger partial charge in [0.25, 0.3) is 5.91 Å². The molecule has 126 valence electrons. The van der Waals surface area contributed by atoms with Gasteiger partial charge in [0.15, 0.2) is 10.9 Å². The summed E-state index contributed by atoms with van der Waals surface area (Å²) < 4.78 is 0. The molecule has 0 bridgehead atoms. The Kier molecular flexibility index (Phi) is 4.99. The van der Waals surface area contributed by atoms with Crippen molar-refractivity contribution in [3.63, 3.8) is 0 Å². The van der Waals surface area contributed by atoms with Crippen LogP contribution in [-0.2, 0) is 4.79 Å². The van der Waals surface area contributed by atoms with E-state index >= 15 is 0 Å². The van der Waals surface area contributed by atoms with Gasteiger partial charge in [0, 0.05) is 37.6 Å². The zero-order valence-electron chi connectivity index (χ0n) is 13.2. The van der Waals surface area contributed by atoms with Crippen molar-refractivity contribution in [2.45, 2.75) is 25.8 Å². The summed E-state index contributed by atoms with van der Waals surface area (Å²) in [4.78, 5) is 29.6. The Hall–Kier alpha value is -2.55. The van der Waals surface area contributed by atoms with E-state index in [1.165, 1.54) is 18.3 Å². The number of hydrogen-bond donors (Lipinski definition) is 2. The molecule has 2 amide bonds. The van der Waals surface area contributed by atoms with Gasteiger partial charge in [-0.25, -0.2) is 4.98 Å². The number of nitrogens with one attached hydrogen (secondary N) is 2. The van der Waals surface area contributed by atoms with Crippen molar-refractivity contribution < 1.29 is 9.59 Å². The number of rotatable bonds is 4. The molecule has 2 N–H and O–H groups in total. The summed E-state index contributed by atoms with van der Waals surface area (Å²) in [6.07, 6.45) is 3.52. The van der Waals surface area contributed by atoms with Crippen LogP contribution < -0.4 is 15.5 Å². The molecule has 3 heterocycles. The van der Waals surface area contributed by atoms with E-state index in [4.69, 9.17) is 0 Å². The van der Waals surface area contributed by atoms with E-state index in [1.54, 1.807) is 11.6 Å². The van der Waals surface area contributed by atoms with Crippen LogP contribution in [0.1, 0.15) is 30.3 Å². The number of carbonyl (C=O) groups excluding carboxylic acids is 2. The maximum atomic E-state index is 12.3. The number of piperidine rings is 1. The Balaban J connectivity index is 1.60. The van der Waals surface area contributed by atoms with Gasteiger partial charge in [-0.05, 0) is 25.0 Å². The molecule has 2 aromatic rings. The van der Waals surface area contributed by atoms with Crippen LogP contribution >= 0.6 is 11.3 Å². The average Bonchev–Trinajstić information content (AvgIpc) is 3.04. The third-order valence-corrected chi connectivity index (χ3v) is 4.42. The van der Waals surface area contributed by atoms with E-state index in [0.29, 0.717) is 17.4 Å². The lowest BCUT2D eigenvalue weighted by molar-refractivity contribution is -0.114. The van der Waals surface area contributed by atoms with E-state index in [0.717, 1.165) is 25.2 Å².